The molecule has 1 N–H and O–H groups in total. The highest BCUT2D eigenvalue weighted by molar-refractivity contribution is 9.10. The molecule has 1 aromatic rings. The number of nitrogens with one attached hydrogen (secondary N) is 1. The summed E-state index contributed by atoms with van der Waals surface area (Å²) >= 11 is 9.04. The molecule has 1 heterocycles. The fraction of sp³-hybridized carbons (Fsp3) is 0.400. The number of anilines is 1. The Kier molecular flexibility index (Phi) is 2.71. The molecule has 1 aliphatic heterocycles. The fourth-order valence-corrected chi connectivity index (χ4v) is 2.29. The van der Waals surface area contributed by atoms with Gasteiger partial charge in [-0.15, -0.1) is 0 Å². The van der Waals surface area contributed by atoms with Gasteiger partial charge in [0, 0.05) is 10.5 Å². The zero-order chi connectivity index (χ0) is 10.3. The van der Waals surface area contributed by atoms with Gasteiger partial charge in [0.05, 0.1) is 10.7 Å². The molecule has 0 bridgehead atoms. The first-order chi connectivity index (χ1) is 6.59. The number of fused-ring (bicyclic) bond motifs is 1. The van der Waals surface area contributed by atoms with Crippen molar-refractivity contribution in [2.24, 2.45) is 0 Å². The topological polar surface area (TPSA) is 12.0 Å². The van der Waals surface area contributed by atoms with Gasteiger partial charge in [-0.3, -0.25) is 0 Å². The van der Waals surface area contributed by atoms with Crippen molar-refractivity contribution in [1.29, 1.82) is 0 Å². The zero-order valence-electron chi connectivity index (χ0n) is 7.70. The number of hydrogen-bond donors (Lipinski definition) is 1. The molecule has 14 heavy (non-hydrogen) atoms. The third-order valence-electron chi connectivity index (χ3n) is 2.48. The van der Waals surface area contributed by atoms with E-state index >= 15 is 0 Å². The van der Waals surface area contributed by atoms with Crippen LogP contribution in [0.25, 0.3) is 0 Å². The molecule has 0 amide bonds. The first-order valence-electron chi connectivity index (χ1n) is 4.52. The summed E-state index contributed by atoms with van der Waals surface area (Å²) in [5.74, 6) is -0.345. The Morgan fingerprint density at radius 2 is 2.36 bits per heavy atom. The molecule has 0 saturated heterocycles. The zero-order valence-corrected chi connectivity index (χ0v) is 10.0. The Morgan fingerprint density at radius 3 is 3.07 bits per heavy atom. The second kappa shape index (κ2) is 3.70. The lowest BCUT2D eigenvalue weighted by Gasteiger charge is -2.25. The van der Waals surface area contributed by atoms with Crippen molar-refractivity contribution in [3.05, 3.63) is 26.9 Å². The quantitative estimate of drug-likeness (QED) is 0.708. The second-order valence-corrected chi connectivity index (χ2v) is 4.84. The molecule has 2 rings (SSSR count). The summed E-state index contributed by atoms with van der Waals surface area (Å²) in [6.07, 6.45) is 1.93. The van der Waals surface area contributed by atoms with E-state index < -0.39 is 0 Å². The van der Waals surface area contributed by atoms with Crippen LogP contribution in [0, 0.1) is 5.82 Å². The Balaban J connectivity index is 2.55. The fourth-order valence-electron chi connectivity index (χ4n) is 1.69. The maximum Gasteiger partial charge on any atom is 0.166 e. The first kappa shape index (κ1) is 10.2. The van der Waals surface area contributed by atoms with Gasteiger partial charge in [-0.25, -0.2) is 4.39 Å². The number of halogens is 3. The van der Waals surface area contributed by atoms with Crippen LogP contribution < -0.4 is 5.32 Å². The number of aryl methyl sites for hydroxylation is 1. The molecule has 0 radical (unpaired) electrons. The molecular formula is C10H10BrClFN. The minimum Gasteiger partial charge on any atom is -0.380 e. The molecule has 1 aliphatic rings. The van der Waals surface area contributed by atoms with Crippen molar-refractivity contribution >= 4 is 33.2 Å². The molecule has 0 saturated carbocycles. The SMILES string of the molecule is CC1CCc2cc(Br)c(Cl)c(F)c2N1. The van der Waals surface area contributed by atoms with Gasteiger partial charge in [-0.2, -0.15) is 0 Å². The van der Waals surface area contributed by atoms with Crippen LogP contribution in [0.15, 0.2) is 10.5 Å². The normalized spacial score (nSPS) is 20.1. The van der Waals surface area contributed by atoms with E-state index in [1.165, 1.54) is 0 Å². The number of benzene rings is 1. The third-order valence-corrected chi connectivity index (χ3v) is 3.70. The molecular weight excluding hydrogens is 268 g/mol. The second-order valence-electron chi connectivity index (χ2n) is 3.60. The summed E-state index contributed by atoms with van der Waals surface area (Å²) < 4.78 is 14.3. The van der Waals surface area contributed by atoms with Gasteiger partial charge in [0.15, 0.2) is 5.82 Å². The van der Waals surface area contributed by atoms with Crippen LogP contribution in [0.4, 0.5) is 10.1 Å². The van der Waals surface area contributed by atoms with Crippen molar-refractivity contribution in [2.45, 2.75) is 25.8 Å². The van der Waals surface area contributed by atoms with Crippen molar-refractivity contribution in [3.8, 4) is 0 Å². The average molecular weight is 279 g/mol. The summed E-state index contributed by atoms with van der Waals surface area (Å²) in [5, 5.41) is 3.27. The molecule has 0 spiro atoms. The van der Waals surface area contributed by atoms with Gasteiger partial charge in [0.1, 0.15) is 0 Å². The van der Waals surface area contributed by atoms with Crippen molar-refractivity contribution in [1.82, 2.24) is 0 Å². The highest BCUT2D eigenvalue weighted by Crippen LogP contribution is 2.36. The van der Waals surface area contributed by atoms with Crippen molar-refractivity contribution in [2.75, 3.05) is 5.32 Å². The van der Waals surface area contributed by atoms with Gasteiger partial charge in [-0.1, -0.05) is 11.6 Å². The summed E-state index contributed by atoms with van der Waals surface area (Å²) in [6, 6.07) is 2.20. The predicted octanol–water partition coefficient (Wildman–Crippen LogP) is 3.99. The highest BCUT2D eigenvalue weighted by Gasteiger charge is 2.21. The molecule has 0 aromatic heterocycles. The molecule has 1 atom stereocenters. The van der Waals surface area contributed by atoms with Crippen LogP contribution in [0.1, 0.15) is 18.9 Å². The van der Waals surface area contributed by atoms with Gasteiger partial charge in [0.25, 0.3) is 0 Å². The molecule has 0 aliphatic carbocycles. The van der Waals surface area contributed by atoms with E-state index in [9.17, 15) is 4.39 Å². The number of rotatable bonds is 0. The summed E-state index contributed by atoms with van der Waals surface area (Å²) in [4.78, 5) is 0. The monoisotopic (exact) mass is 277 g/mol. The first-order valence-corrected chi connectivity index (χ1v) is 5.69. The third kappa shape index (κ3) is 1.63. The Morgan fingerprint density at radius 1 is 1.64 bits per heavy atom. The summed E-state index contributed by atoms with van der Waals surface area (Å²) in [6.45, 7) is 2.04. The van der Waals surface area contributed by atoms with Crippen LogP contribution >= 0.6 is 27.5 Å². The minimum absolute atomic E-state index is 0.158. The summed E-state index contributed by atoms with van der Waals surface area (Å²) in [5.41, 5.74) is 1.56. The molecule has 1 aromatic carbocycles. The van der Waals surface area contributed by atoms with E-state index in [1.54, 1.807) is 0 Å². The van der Waals surface area contributed by atoms with E-state index in [2.05, 4.69) is 21.2 Å². The lowest BCUT2D eigenvalue weighted by atomic mass is 9.99. The maximum absolute atomic E-state index is 13.7. The Labute approximate surface area is 95.8 Å². The van der Waals surface area contributed by atoms with Gasteiger partial charge < -0.3 is 5.32 Å². The van der Waals surface area contributed by atoms with Gasteiger partial charge in [-0.05, 0) is 47.3 Å². The van der Waals surface area contributed by atoms with Gasteiger partial charge in [0.2, 0.25) is 0 Å². The van der Waals surface area contributed by atoms with Gasteiger partial charge >= 0.3 is 0 Å². The Bertz CT molecular complexity index is 381. The van der Waals surface area contributed by atoms with Crippen molar-refractivity contribution in [3.63, 3.8) is 0 Å². The molecule has 4 heteroatoms. The van der Waals surface area contributed by atoms with E-state index in [4.69, 9.17) is 11.6 Å². The molecule has 1 nitrogen and oxygen atoms in total. The van der Waals surface area contributed by atoms with E-state index in [0.29, 0.717) is 16.2 Å². The maximum atomic E-state index is 13.7. The smallest absolute Gasteiger partial charge is 0.166 e. The molecule has 76 valence electrons. The number of hydrogen-bond acceptors (Lipinski definition) is 1. The standard InChI is InChI=1S/C10H10BrClFN/c1-5-2-3-6-4-7(11)8(12)9(13)10(6)14-5/h4-5,14H,2-3H2,1H3. The highest BCUT2D eigenvalue weighted by atomic mass is 79.9. The van der Waals surface area contributed by atoms with Crippen LogP contribution in [-0.2, 0) is 6.42 Å². The lowest BCUT2D eigenvalue weighted by Crippen LogP contribution is -2.23. The van der Waals surface area contributed by atoms with Crippen LogP contribution in [0.2, 0.25) is 5.02 Å². The average Bonchev–Trinajstić information content (AvgIpc) is 2.16. The van der Waals surface area contributed by atoms with Crippen LogP contribution in [-0.4, -0.2) is 6.04 Å². The largest absolute Gasteiger partial charge is 0.380 e. The van der Waals surface area contributed by atoms with E-state index in [0.717, 1.165) is 18.4 Å². The predicted molar refractivity (Wildman–Crippen MR) is 60.5 cm³/mol. The minimum atomic E-state index is -0.345. The lowest BCUT2D eigenvalue weighted by molar-refractivity contribution is 0.605. The van der Waals surface area contributed by atoms with Crippen LogP contribution in [0.3, 0.4) is 0 Å². The van der Waals surface area contributed by atoms with Crippen LogP contribution in [0.5, 0.6) is 0 Å². The summed E-state index contributed by atoms with van der Waals surface area (Å²) in [7, 11) is 0. The van der Waals surface area contributed by atoms with Crippen molar-refractivity contribution < 1.29 is 4.39 Å². The van der Waals surface area contributed by atoms with E-state index in [1.807, 2.05) is 13.0 Å². The molecule has 1 unspecified atom stereocenters. The molecule has 0 fully saturated rings. The van der Waals surface area contributed by atoms with E-state index in [-0.39, 0.29) is 10.8 Å². The Hall–Kier alpha value is -0.280.